The van der Waals surface area contributed by atoms with Gasteiger partial charge in [0.15, 0.2) is 0 Å². The van der Waals surface area contributed by atoms with E-state index in [0.29, 0.717) is 18.9 Å². The van der Waals surface area contributed by atoms with Crippen molar-refractivity contribution in [3.05, 3.63) is 76.7 Å². The van der Waals surface area contributed by atoms with E-state index in [-0.39, 0.29) is 12.0 Å². The van der Waals surface area contributed by atoms with Gasteiger partial charge in [0.05, 0.1) is 6.42 Å². The summed E-state index contributed by atoms with van der Waals surface area (Å²) in [6.45, 7) is 4.69. The molecule has 0 fully saturated rings. The molecule has 0 aliphatic heterocycles. The van der Waals surface area contributed by atoms with Crippen LogP contribution in [-0.2, 0) is 12.8 Å². The Morgan fingerprint density at radius 3 is 2.67 bits per heavy atom. The van der Waals surface area contributed by atoms with E-state index < -0.39 is 0 Å². The highest BCUT2D eigenvalue weighted by Crippen LogP contribution is 2.16. The third-order valence-electron chi connectivity index (χ3n) is 4.30. The summed E-state index contributed by atoms with van der Waals surface area (Å²) in [6.07, 6.45) is 2.32. The van der Waals surface area contributed by atoms with Gasteiger partial charge in [0.1, 0.15) is 0 Å². The van der Waals surface area contributed by atoms with Crippen molar-refractivity contribution in [2.24, 2.45) is 0 Å². The van der Waals surface area contributed by atoms with Crippen LogP contribution in [0.25, 0.3) is 0 Å². The number of rotatable bonds is 7. The molecule has 0 spiro atoms. The molecule has 0 radical (unpaired) electrons. The number of urea groups is 1. The van der Waals surface area contributed by atoms with Crippen molar-refractivity contribution in [2.75, 3.05) is 11.9 Å². The van der Waals surface area contributed by atoms with Crippen molar-refractivity contribution in [3.8, 4) is 0 Å². The van der Waals surface area contributed by atoms with Crippen LogP contribution in [0.3, 0.4) is 0 Å². The van der Waals surface area contributed by atoms with Gasteiger partial charge in [0.2, 0.25) is 5.89 Å². The summed E-state index contributed by atoms with van der Waals surface area (Å²) in [5.41, 5.74) is 4.78. The van der Waals surface area contributed by atoms with E-state index >= 15 is 0 Å². The second-order valence-corrected chi connectivity index (χ2v) is 6.58. The number of aromatic nitrogens is 2. The van der Waals surface area contributed by atoms with Crippen LogP contribution in [-0.4, -0.2) is 22.8 Å². The number of carbonyl (C=O) groups excluding carboxylic acids is 1. The van der Waals surface area contributed by atoms with Crippen molar-refractivity contribution >= 4 is 12.0 Å². The Morgan fingerprint density at radius 1 is 1.07 bits per heavy atom. The number of anilines is 1. The normalized spacial score (nSPS) is 10.6. The molecule has 27 heavy (non-hydrogen) atoms. The maximum Gasteiger partial charge on any atom is 0.323 e. The third-order valence-corrected chi connectivity index (χ3v) is 4.30. The molecule has 0 bridgehead atoms. The highest BCUT2D eigenvalue weighted by molar-refractivity contribution is 5.86. The number of hydrogen-bond acceptors (Lipinski definition) is 4. The molecule has 0 saturated carbocycles. The Hall–Kier alpha value is -3.15. The van der Waals surface area contributed by atoms with Crippen LogP contribution in [0.15, 0.2) is 52.9 Å². The average molecular weight is 364 g/mol. The van der Waals surface area contributed by atoms with Crippen molar-refractivity contribution < 1.29 is 9.21 Å². The van der Waals surface area contributed by atoms with Gasteiger partial charge in [-0.1, -0.05) is 59.2 Å². The third kappa shape index (κ3) is 5.67. The lowest BCUT2D eigenvalue weighted by atomic mass is 10.0. The molecule has 2 amide bonds. The molecule has 6 heteroatoms. The number of aryl methyl sites for hydroxylation is 3. The van der Waals surface area contributed by atoms with Crippen LogP contribution in [0.4, 0.5) is 10.8 Å². The van der Waals surface area contributed by atoms with E-state index in [1.165, 1.54) is 16.7 Å². The SMILES string of the molecule is Cc1ccc(Cc2nnc(NC(=O)NCCCc3ccccc3)o2)c(C)c1. The Labute approximate surface area is 159 Å². The Kier molecular flexibility index (Phi) is 6.20. The molecular weight excluding hydrogens is 340 g/mol. The number of nitrogens with zero attached hydrogens (tertiary/aromatic N) is 2. The first-order chi connectivity index (χ1) is 13.1. The number of benzene rings is 2. The first-order valence-corrected chi connectivity index (χ1v) is 9.07. The van der Waals surface area contributed by atoms with Crippen molar-refractivity contribution in [1.82, 2.24) is 15.5 Å². The van der Waals surface area contributed by atoms with Crippen molar-refractivity contribution in [2.45, 2.75) is 33.1 Å². The average Bonchev–Trinajstić information content (AvgIpc) is 3.09. The van der Waals surface area contributed by atoms with E-state index in [2.05, 4.69) is 65.0 Å². The molecule has 2 N–H and O–H groups in total. The van der Waals surface area contributed by atoms with Crippen LogP contribution in [0, 0.1) is 13.8 Å². The summed E-state index contributed by atoms with van der Waals surface area (Å²) in [5.74, 6) is 0.473. The molecule has 3 aromatic rings. The molecule has 0 unspecified atom stereocenters. The summed E-state index contributed by atoms with van der Waals surface area (Å²) in [6, 6.07) is 16.2. The highest BCUT2D eigenvalue weighted by atomic mass is 16.4. The fraction of sp³-hybridized carbons (Fsp3) is 0.286. The number of carbonyl (C=O) groups is 1. The lowest BCUT2D eigenvalue weighted by molar-refractivity contribution is 0.251. The van der Waals surface area contributed by atoms with Gasteiger partial charge in [-0.05, 0) is 43.4 Å². The van der Waals surface area contributed by atoms with Gasteiger partial charge in [-0.25, -0.2) is 4.79 Å². The molecule has 0 atom stereocenters. The fourth-order valence-corrected chi connectivity index (χ4v) is 2.86. The van der Waals surface area contributed by atoms with Gasteiger partial charge in [0, 0.05) is 6.54 Å². The highest BCUT2D eigenvalue weighted by Gasteiger charge is 2.11. The molecule has 0 aliphatic carbocycles. The molecule has 1 aromatic heterocycles. The van der Waals surface area contributed by atoms with Crippen molar-refractivity contribution in [3.63, 3.8) is 0 Å². The first kappa shape index (κ1) is 18.6. The maximum atomic E-state index is 11.9. The lowest BCUT2D eigenvalue weighted by Crippen LogP contribution is -2.29. The Morgan fingerprint density at radius 2 is 1.89 bits per heavy atom. The molecular formula is C21H24N4O2. The topological polar surface area (TPSA) is 80.0 Å². The molecule has 1 heterocycles. The van der Waals surface area contributed by atoms with E-state index in [0.717, 1.165) is 18.4 Å². The second-order valence-electron chi connectivity index (χ2n) is 6.58. The summed E-state index contributed by atoms with van der Waals surface area (Å²) in [4.78, 5) is 11.9. The standard InChI is InChI=1S/C21H24N4O2/c1-15-10-11-18(16(2)13-15)14-19-24-25-21(27-19)23-20(26)22-12-6-9-17-7-4-3-5-8-17/h3-5,7-8,10-11,13H,6,9,12,14H2,1-2H3,(H2,22,23,25,26). The van der Waals surface area contributed by atoms with Gasteiger partial charge < -0.3 is 9.73 Å². The van der Waals surface area contributed by atoms with E-state index in [4.69, 9.17) is 4.42 Å². The summed E-state index contributed by atoms with van der Waals surface area (Å²) in [7, 11) is 0. The molecule has 140 valence electrons. The van der Waals surface area contributed by atoms with Crippen LogP contribution in [0.2, 0.25) is 0 Å². The van der Waals surface area contributed by atoms with Crippen LogP contribution >= 0.6 is 0 Å². The predicted molar refractivity (Wildman–Crippen MR) is 105 cm³/mol. The molecule has 0 saturated heterocycles. The van der Waals surface area contributed by atoms with Gasteiger partial charge >= 0.3 is 12.0 Å². The van der Waals surface area contributed by atoms with Gasteiger partial charge in [0.25, 0.3) is 0 Å². The van der Waals surface area contributed by atoms with Crippen LogP contribution in [0.1, 0.15) is 34.6 Å². The van der Waals surface area contributed by atoms with Gasteiger partial charge in [-0.3, -0.25) is 5.32 Å². The minimum Gasteiger partial charge on any atom is -0.407 e. The van der Waals surface area contributed by atoms with Gasteiger partial charge in [-0.2, -0.15) is 0 Å². The fourth-order valence-electron chi connectivity index (χ4n) is 2.86. The van der Waals surface area contributed by atoms with Gasteiger partial charge in [-0.15, -0.1) is 5.10 Å². The van der Waals surface area contributed by atoms with Crippen LogP contribution in [0.5, 0.6) is 0 Å². The monoisotopic (exact) mass is 364 g/mol. The predicted octanol–water partition coefficient (Wildman–Crippen LogP) is 4.03. The van der Waals surface area contributed by atoms with Crippen molar-refractivity contribution in [1.29, 1.82) is 0 Å². The van der Waals surface area contributed by atoms with Crippen LogP contribution < -0.4 is 10.6 Å². The quantitative estimate of drug-likeness (QED) is 0.620. The smallest absolute Gasteiger partial charge is 0.323 e. The maximum absolute atomic E-state index is 11.9. The molecule has 6 nitrogen and oxygen atoms in total. The van der Waals surface area contributed by atoms with E-state index in [9.17, 15) is 4.79 Å². The molecule has 0 aliphatic rings. The zero-order valence-electron chi connectivity index (χ0n) is 15.7. The largest absolute Gasteiger partial charge is 0.407 e. The zero-order chi connectivity index (χ0) is 19.1. The molecule has 2 aromatic carbocycles. The lowest BCUT2D eigenvalue weighted by Gasteiger charge is -2.05. The Balaban J connectivity index is 1.43. The minimum absolute atomic E-state index is 0.107. The minimum atomic E-state index is -0.343. The second kappa shape index (κ2) is 8.98. The zero-order valence-corrected chi connectivity index (χ0v) is 15.7. The number of nitrogens with one attached hydrogen (secondary N) is 2. The summed E-state index contributed by atoms with van der Waals surface area (Å²) in [5, 5.41) is 13.3. The van der Waals surface area contributed by atoms with E-state index in [1.807, 2.05) is 18.2 Å². The number of hydrogen-bond donors (Lipinski definition) is 2. The first-order valence-electron chi connectivity index (χ1n) is 9.07. The Bertz CT molecular complexity index is 890. The summed E-state index contributed by atoms with van der Waals surface area (Å²) < 4.78 is 5.52. The summed E-state index contributed by atoms with van der Waals surface area (Å²) >= 11 is 0. The molecule has 3 rings (SSSR count). The number of amides is 2. The van der Waals surface area contributed by atoms with E-state index in [1.54, 1.807) is 0 Å².